The Hall–Kier alpha value is -2.41. The van der Waals surface area contributed by atoms with Crippen LogP contribution in [0.4, 0.5) is 4.79 Å². The van der Waals surface area contributed by atoms with E-state index in [0.29, 0.717) is 18.8 Å². The molecular weight excluding hydrogens is 406 g/mol. The molecule has 1 saturated carbocycles. The standard InChI is InChI=1S/C25H37N3O4/c1-6-24(3,4)18-11-13-25(14-12-18)22(31)28(23(32)26-25)15-21(30)27(5)20(16-29)19-10-8-7-9-17(19)2/h7-10,18,20,29H,6,11-16H2,1-5H3,(H,26,32). The molecule has 1 unspecified atom stereocenters. The minimum Gasteiger partial charge on any atom is -0.394 e. The van der Waals surface area contributed by atoms with Crippen LogP contribution >= 0.6 is 0 Å². The molecule has 1 aliphatic heterocycles. The van der Waals surface area contributed by atoms with Gasteiger partial charge in [-0.05, 0) is 55.1 Å². The van der Waals surface area contributed by atoms with Crippen LogP contribution in [0, 0.1) is 18.3 Å². The molecule has 7 heteroatoms. The van der Waals surface area contributed by atoms with Gasteiger partial charge >= 0.3 is 6.03 Å². The highest BCUT2D eigenvalue weighted by Crippen LogP contribution is 2.45. The summed E-state index contributed by atoms with van der Waals surface area (Å²) >= 11 is 0. The quantitative estimate of drug-likeness (QED) is 0.632. The molecule has 4 amide bonds. The lowest BCUT2D eigenvalue weighted by Gasteiger charge is -2.42. The second-order valence-corrected chi connectivity index (χ2v) is 10.1. The first-order valence-corrected chi connectivity index (χ1v) is 11.6. The average molecular weight is 444 g/mol. The van der Waals surface area contributed by atoms with Gasteiger partial charge < -0.3 is 15.3 Å². The number of benzene rings is 1. The number of nitrogens with zero attached hydrogens (tertiary/aromatic N) is 2. The minimum atomic E-state index is -0.886. The molecule has 2 N–H and O–H groups in total. The Bertz CT molecular complexity index is 874. The van der Waals surface area contributed by atoms with Crippen molar-refractivity contribution in [2.75, 3.05) is 20.2 Å². The lowest BCUT2D eigenvalue weighted by atomic mass is 9.65. The van der Waals surface area contributed by atoms with Crippen LogP contribution in [0.2, 0.25) is 0 Å². The van der Waals surface area contributed by atoms with Crippen molar-refractivity contribution in [3.8, 4) is 0 Å². The third-order valence-electron chi connectivity index (χ3n) is 7.98. The smallest absolute Gasteiger partial charge is 0.325 e. The number of nitrogens with one attached hydrogen (secondary N) is 1. The monoisotopic (exact) mass is 443 g/mol. The number of amides is 4. The first-order valence-electron chi connectivity index (χ1n) is 11.6. The third kappa shape index (κ3) is 4.40. The summed E-state index contributed by atoms with van der Waals surface area (Å²) in [5.74, 6) is -0.161. The van der Waals surface area contributed by atoms with Crippen LogP contribution in [-0.2, 0) is 9.59 Å². The van der Waals surface area contributed by atoms with E-state index in [1.54, 1.807) is 7.05 Å². The van der Waals surface area contributed by atoms with Crippen molar-refractivity contribution in [1.82, 2.24) is 15.1 Å². The fourth-order valence-electron chi connectivity index (χ4n) is 5.15. The number of carbonyl (C=O) groups is 3. The number of aliphatic hydroxyl groups excluding tert-OH is 1. The maximum absolute atomic E-state index is 13.3. The second-order valence-electron chi connectivity index (χ2n) is 10.1. The molecule has 0 aromatic heterocycles. The van der Waals surface area contributed by atoms with Crippen molar-refractivity contribution in [2.24, 2.45) is 11.3 Å². The van der Waals surface area contributed by atoms with Gasteiger partial charge in [0.05, 0.1) is 12.6 Å². The van der Waals surface area contributed by atoms with Crippen LogP contribution in [0.25, 0.3) is 0 Å². The number of hydrogen-bond donors (Lipinski definition) is 2. The summed E-state index contributed by atoms with van der Waals surface area (Å²) in [7, 11) is 1.60. The van der Waals surface area contributed by atoms with Gasteiger partial charge in [0.1, 0.15) is 12.1 Å². The molecular formula is C25H37N3O4. The van der Waals surface area contributed by atoms with Crippen molar-refractivity contribution in [1.29, 1.82) is 0 Å². The molecule has 1 atom stereocenters. The van der Waals surface area contributed by atoms with E-state index < -0.39 is 17.6 Å². The van der Waals surface area contributed by atoms with Crippen LogP contribution in [-0.4, -0.2) is 58.5 Å². The topological polar surface area (TPSA) is 90.0 Å². The van der Waals surface area contributed by atoms with Gasteiger partial charge in [0.25, 0.3) is 5.91 Å². The van der Waals surface area contributed by atoms with E-state index in [-0.39, 0.29) is 30.4 Å². The fraction of sp³-hybridized carbons (Fsp3) is 0.640. The van der Waals surface area contributed by atoms with E-state index >= 15 is 0 Å². The number of likely N-dealkylation sites (N-methyl/N-ethyl adjacent to an activating group) is 1. The summed E-state index contributed by atoms with van der Waals surface area (Å²) in [5.41, 5.74) is 1.13. The zero-order chi connectivity index (χ0) is 23.7. The summed E-state index contributed by atoms with van der Waals surface area (Å²) in [5, 5.41) is 12.8. The number of imide groups is 1. The Morgan fingerprint density at radius 1 is 1.28 bits per heavy atom. The molecule has 1 spiro atoms. The van der Waals surface area contributed by atoms with E-state index in [1.165, 1.54) is 4.90 Å². The van der Waals surface area contributed by atoms with E-state index in [2.05, 4.69) is 26.1 Å². The van der Waals surface area contributed by atoms with Gasteiger partial charge in [0.15, 0.2) is 0 Å². The van der Waals surface area contributed by atoms with Crippen molar-refractivity contribution in [3.05, 3.63) is 35.4 Å². The zero-order valence-corrected chi connectivity index (χ0v) is 20.0. The second kappa shape index (κ2) is 9.22. The average Bonchev–Trinajstić information content (AvgIpc) is 2.99. The summed E-state index contributed by atoms with van der Waals surface area (Å²) in [4.78, 5) is 41.4. The first kappa shape index (κ1) is 24.2. The number of carbonyl (C=O) groups excluding carboxylic acids is 3. The highest BCUT2D eigenvalue weighted by atomic mass is 16.3. The lowest BCUT2D eigenvalue weighted by molar-refractivity contribution is -0.140. The van der Waals surface area contributed by atoms with E-state index in [0.717, 1.165) is 35.3 Å². The van der Waals surface area contributed by atoms with E-state index in [1.807, 2.05) is 31.2 Å². The number of rotatable bonds is 7. The van der Waals surface area contributed by atoms with Crippen molar-refractivity contribution in [2.45, 2.75) is 71.4 Å². The molecule has 7 nitrogen and oxygen atoms in total. The van der Waals surface area contributed by atoms with Gasteiger partial charge in [0.2, 0.25) is 5.91 Å². The Labute approximate surface area is 191 Å². The third-order valence-corrected chi connectivity index (χ3v) is 7.98. The molecule has 1 saturated heterocycles. The van der Waals surface area contributed by atoms with Gasteiger partial charge in [-0.15, -0.1) is 0 Å². The van der Waals surface area contributed by atoms with Gasteiger partial charge in [0, 0.05) is 7.05 Å². The fourth-order valence-corrected chi connectivity index (χ4v) is 5.15. The predicted octanol–water partition coefficient (Wildman–Crippen LogP) is 3.40. The van der Waals surface area contributed by atoms with Crippen molar-refractivity contribution in [3.63, 3.8) is 0 Å². The van der Waals surface area contributed by atoms with Crippen LogP contribution < -0.4 is 5.32 Å². The predicted molar refractivity (Wildman–Crippen MR) is 123 cm³/mol. The number of aryl methyl sites for hydroxylation is 1. The normalized spacial score (nSPS) is 24.6. The van der Waals surface area contributed by atoms with E-state index in [9.17, 15) is 19.5 Å². The SMILES string of the molecule is CCC(C)(C)C1CCC2(CC1)NC(=O)N(CC(=O)N(C)C(CO)c1ccccc1C)C2=O. The summed E-state index contributed by atoms with van der Waals surface area (Å²) in [6.07, 6.45) is 4.05. The Kier molecular flexibility index (Phi) is 6.98. The molecule has 176 valence electrons. The maximum Gasteiger partial charge on any atom is 0.325 e. The molecule has 32 heavy (non-hydrogen) atoms. The van der Waals surface area contributed by atoms with Gasteiger partial charge in [-0.1, -0.05) is 51.5 Å². The Balaban J connectivity index is 1.69. The summed E-state index contributed by atoms with van der Waals surface area (Å²) in [6.45, 7) is 8.07. The first-order chi connectivity index (χ1) is 15.1. The number of hydrogen-bond acceptors (Lipinski definition) is 4. The highest BCUT2D eigenvalue weighted by molar-refractivity contribution is 6.09. The van der Waals surface area contributed by atoms with E-state index in [4.69, 9.17) is 0 Å². The van der Waals surface area contributed by atoms with Gasteiger partial charge in [-0.25, -0.2) is 4.79 Å². The van der Waals surface area contributed by atoms with Crippen LogP contribution in [0.5, 0.6) is 0 Å². The van der Waals surface area contributed by atoms with Gasteiger partial charge in [-0.3, -0.25) is 14.5 Å². The van der Waals surface area contributed by atoms with Crippen molar-refractivity contribution >= 4 is 17.8 Å². The number of urea groups is 1. The minimum absolute atomic E-state index is 0.209. The van der Waals surface area contributed by atoms with Crippen LogP contribution in [0.15, 0.2) is 24.3 Å². The van der Waals surface area contributed by atoms with Crippen molar-refractivity contribution < 1.29 is 19.5 Å². The molecule has 1 aromatic rings. The Morgan fingerprint density at radius 3 is 2.47 bits per heavy atom. The molecule has 2 fully saturated rings. The lowest BCUT2D eigenvalue weighted by Crippen LogP contribution is -2.51. The molecule has 0 bridgehead atoms. The summed E-state index contributed by atoms with van der Waals surface area (Å²) < 4.78 is 0. The molecule has 2 aliphatic rings. The molecule has 1 heterocycles. The molecule has 1 aromatic carbocycles. The maximum atomic E-state index is 13.3. The molecule has 0 radical (unpaired) electrons. The van der Waals surface area contributed by atoms with Crippen LogP contribution in [0.1, 0.15) is 70.0 Å². The molecule has 3 rings (SSSR count). The van der Waals surface area contributed by atoms with Crippen LogP contribution in [0.3, 0.4) is 0 Å². The van der Waals surface area contributed by atoms with Gasteiger partial charge in [-0.2, -0.15) is 0 Å². The summed E-state index contributed by atoms with van der Waals surface area (Å²) in [6, 6.07) is 6.53. The number of aliphatic hydroxyl groups is 1. The molecule has 1 aliphatic carbocycles. The highest BCUT2D eigenvalue weighted by Gasteiger charge is 2.54. The Morgan fingerprint density at radius 2 is 1.91 bits per heavy atom. The zero-order valence-electron chi connectivity index (χ0n) is 20.0. The largest absolute Gasteiger partial charge is 0.394 e.